The van der Waals surface area contributed by atoms with Crippen molar-refractivity contribution in [3.63, 3.8) is 0 Å². The smallest absolute Gasteiger partial charge is 0.124 e. The highest BCUT2D eigenvalue weighted by Crippen LogP contribution is 2.27. The fraction of sp³-hybridized carbons (Fsp3) is 0.588. The van der Waals surface area contributed by atoms with Crippen molar-refractivity contribution >= 4 is 11.0 Å². The Bertz CT molecular complexity index is 626. The minimum atomic E-state index is -0.0921. The SMILES string of the molecule is CCc1ccc2nc(C3CC(OC(C)(C)C)CN3)[nH]c2c1. The maximum Gasteiger partial charge on any atom is 0.124 e. The summed E-state index contributed by atoms with van der Waals surface area (Å²) in [6.07, 6.45) is 2.28. The van der Waals surface area contributed by atoms with Crippen LogP contribution in [0.3, 0.4) is 0 Å². The third kappa shape index (κ3) is 3.27. The minimum Gasteiger partial charge on any atom is -0.371 e. The number of aromatic amines is 1. The first-order valence-corrected chi connectivity index (χ1v) is 7.84. The van der Waals surface area contributed by atoms with Gasteiger partial charge in [-0.3, -0.25) is 0 Å². The van der Waals surface area contributed by atoms with Crippen molar-refractivity contribution in [2.24, 2.45) is 0 Å². The van der Waals surface area contributed by atoms with Gasteiger partial charge in [-0.1, -0.05) is 13.0 Å². The van der Waals surface area contributed by atoms with Crippen molar-refractivity contribution in [2.45, 2.75) is 58.3 Å². The average Bonchev–Trinajstić information content (AvgIpc) is 3.01. The summed E-state index contributed by atoms with van der Waals surface area (Å²) in [5.74, 6) is 1.03. The summed E-state index contributed by atoms with van der Waals surface area (Å²) in [4.78, 5) is 8.19. The van der Waals surface area contributed by atoms with E-state index in [0.717, 1.165) is 36.2 Å². The summed E-state index contributed by atoms with van der Waals surface area (Å²) in [7, 11) is 0. The number of nitrogens with one attached hydrogen (secondary N) is 2. The highest BCUT2D eigenvalue weighted by Gasteiger charge is 2.30. The van der Waals surface area contributed by atoms with E-state index in [-0.39, 0.29) is 17.7 Å². The molecule has 1 saturated heterocycles. The largest absolute Gasteiger partial charge is 0.371 e. The highest BCUT2D eigenvalue weighted by molar-refractivity contribution is 5.76. The van der Waals surface area contributed by atoms with Crippen LogP contribution in [0, 0.1) is 0 Å². The van der Waals surface area contributed by atoms with Crippen molar-refractivity contribution in [2.75, 3.05) is 6.54 Å². The third-order valence-electron chi connectivity index (χ3n) is 3.91. The van der Waals surface area contributed by atoms with Crippen molar-refractivity contribution in [1.29, 1.82) is 0 Å². The Morgan fingerprint density at radius 3 is 2.86 bits per heavy atom. The third-order valence-corrected chi connectivity index (χ3v) is 3.91. The summed E-state index contributed by atoms with van der Waals surface area (Å²) in [5, 5.41) is 3.52. The zero-order valence-electron chi connectivity index (χ0n) is 13.4. The number of ether oxygens (including phenoxy) is 1. The van der Waals surface area contributed by atoms with E-state index in [0.29, 0.717) is 0 Å². The Labute approximate surface area is 126 Å². The molecule has 4 nitrogen and oxygen atoms in total. The number of aromatic nitrogens is 2. The minimum absolute atomic E-state index is 0.0921. The van der Waals surface area contributed by atoms with Gasteiger partial charge in [0.1, 0.15) is 5.82 Å². The Morgan fingerprint density at radius 2 is 2.14 bits per heavy atom. The summed E-state index contributed by atoms with van der Waals surface area (Å²) >= 11 is 0. The first-order valence-electron chi connectivity index (χ1n) is 7.84. The van der Waals surface area contributed by atoms with Gasteiger partial charge in [0.2, 0.25) is 0 Å². The van der Waals surface area contributed by atoms with Crippen LogP contribution >= 0.6 is 0 Å². The number of nitrogens with zero attached hydrogens (tertiary/aromatic N) is 1. The molecule has 114 valence electrons. The molecule has 21 heavy (non-hydrogen) atoms. The Morgan fingerprint density at radius 1 is 1.33 bits per heavy atom. The molecule has 2 aromatic rings. The van der Waals surface area contributed by atoms with Crippen LogP contribution in [0.25, 0.3) is 11.0 Å². The molecular weight excluding hydrogens is 262 g/mol. The fourth-order valence-corrected chi connectivity index (χ4v) is 2.96. The first-order chi connectivity index (χ1) is 9.94. The molecule has 0 bridgehead atoms. The van der Waals surface area contributed by atoms with Crippen molar-refractivity contribution < 1.29 is 4.74 Å². The maximum atomic E-state index is 6.06. The second-order valence-electron chi connectivity index (χ2n) is 6.88. The molecule has 0 amide bonds. The van der Waals surface area contributed by atoms with Crippen molar-refractivity contribution in [3.05, 3.63) is 29.6 Å². The summed E-state index contributed by atoms with van der Waals surface area (Å²) in [5.41, 5.74) is 3.42. The molecule has 1 aliphatic rings. The normalized spacial score (nSPS) is 23.0. The van der Waals surface area contributed by atoms with E-state index < -0.39 is 0 Å². The molecule has 2 unspecified atom stereocenters. The zero-order valence-corrected chi connectivity index (χ0v) is 13.4. The number of fused-ring (bicyclic) bond motifs is 1. The standard InChI is InChI=1S/C17H25N3O/c1-5-11-6-7-13-14(8-11)20-16(19-13)15-9-12(10-18-15)21-17(2,3)4/h6-8,12,15,18H,5,9-10H2,1-4H3,(H,19,20). The zero-order chi connectivity index (χ0) is 15.0. The molecule has 0 aliphatic carbocycles. The van der Waals surface area contributed by atoms with Crippen LogP contribution in [-0.4, -0.2) is 28.2 Å². The Kier molecular flexibility index (Phi) is 3.76. The van der Waals surface area contributed by atoms with Crippen LogP contribution in [-0.2, 0) is 11.2 Å². The molecule has 1 aromatic carbocycles. The predicted molar refractivity (Wildman–Crippen MR) is 85.5 cm³/mol. The van der Waals surface area contributed by atoms with E-state index in [2.05, 4.69) is 56.2 Å². The molecule has 0 spiro atoms. The van der Waals surface area contributed by atoms with Gasteiger partial charge >= 0.3 is 0 Å². The van der Waals surface area contributed by atoms with Gasteiger partial charge in [0.25, 0.3) is 0 Å². The van der Waals surface area contributed by atoms with Gasteiger partial charge in [-0.05, 0) is 51.3 Å². The Balaban J connectivity index is 1.76. The lowest BCUT2D eigenvalue weighted by Crippen LogP contribution is -2.28. The number of H-pyrrole nitrogens is 1. The van der Waals surface area contributed by atoms with Crippen LogP contribution in [0.4, 0.5) is 0 Å². The average molecular weight is 287 g/mol. The summed E-state index contributed by atoms with van der Waals surface area (Å²) in [6, 6.07) is 6.71. The van der Waals surface area contributed by atoms with Crippen molar-refractivity contribution in [3.8, 4) is 0 Å². The van der Waals surface area contributed by atoms with Gasteiger partial charge in [0.15, 0.2) is 0 Å². The maximum absolute atomic E-state index is 6.06. The van der Waals surface area contributed by atoms with E-state index in [1.165, 1.54) is 5.56 Å². The number of hydrogen-bond acceptors (Lipinski definition) is 3. The Hall–Kier alpha value is -1.39. The molecule has 4 heteroatoms. The van der Waals surface area contributed by atoms with E-state index in [9.17, 15) is 0 Å². The molecule has 0 radical (unpaired) electrons. The second kappa shape index (κ2) is 5.43. The van der Waals surface area contributed by atoms with Crippen LogP contribution < -0.4 is 5.32 Å². The van der Waals surface area contributed by atoms with Crippen LogP contribution in [0.1, 0.15) is 51.5 Å². The fourth-order valence-electron chi connectivity index (χ4n) is 2.96. The lowest BCUT2D eigenvalue weighted by atomic mass is 10.1. The first kappa shape index (κ1) is 14.5. The summed E-state index contributed by atoms with van der Waals surface area (Å²) < 4.78 is 6.06. The molecule has 2 N–H and O–H groups in total. The van der Waals surface area contributed by atoms with Crippen LogP contribution in [0.2, 0.25) is 0 Å². The second-order valence-corrected chi connectivity index (χ2v) is 6.88. The van der Waals surface area contributed by atoms with Gasteiger partial charge in [0.05, 0.1) is 28.8 Å². The quantitative estimate of drug-likeness (QED) is 0.910. The highest BCUT2D eigenvalue weighted by atomic mass is 16.5. The number of hydrogen-bond donors (Lipinski definition) is 2. The number of benzene rings is 1. The molecule has 1 fully saturated rings. The number of rotatable bonds is 3. The van der Waals surface area contributed by atoms with E-state index in [1.807, 2.05) is 0 Å². The monoisotopic (exact) mass is 287 g/mol. The number of aryl methyl sites for hydroxylation is 1. The van der Waals surface area contributed by atoms with Crippen molar-refractivity contribution in [1.82, 2.24) is 15.3 Å². The van der Waals surface area contributed by atoms with E-state index >= 15 is 0 Å². The van der Waals surface area contributed by atoms with E-state index in [4.69, 9.17) is 9.72 Å². The molecule has 3 rings (SSSR count). The molecule has 0 saturated carbocycles. The van der Waals surface area contributed by atoms with Crippen LogP contribution in [0.15, 0.2) is 18.2 Å². The molecule has 2 heterocycles. The van der Waals surface area contributed by atoms with Gasteiger partial charge in [-0.2, -0.15) is 0 Å². The lowest BCUT2D eigenvalue weighted by Gasteiger charge is -2.24. The summed E-state index contributed by atoms with van der Waals surface area (Å²) in [6.45, 7) is 9.37. The van der Waals surface area contributed by atoms with E-state index in [1.54, 1.807) is 0 Å². The topological polar surface area (TPSA) is 49.9 Å². The lowest BCUT2D eigenvalue weighted by molar-refractivity contribution is -0.0510. The molecule has 2 atom stereocenters. The van der Waals surface area contributed by atoms with Crippen LogP contribution in [0.5, 0.6) is 0 Å². The molecule has 1 aromatic heterocycles. The van der Waals surface area contributed by atoms with Gasteiger partial charge in [-0.25, -0.2) is 4.98 Å². The molecular formula is C17H25N3O. The predicted octanol–water partition coefficient (Wildman–Crippen LogP) is 3.34. The van der Waals surface area contributed by atoms with Gasteiger partial charge in [-0.15, -0.1) is 0 Å². The molecule has 1 aliphatic heterocycles. The number of imidazole rings is 1. The van der Waals surface area contributed by atoms with Gasteiger partial charge in [0, 0.05) is 6.54 Å². The van der Waals surface area contributed by atoms with Gasteiger partial charge < -0.3 is 15.0 Å².